The topological polar surface area (TPSA) is 99.5 Å². The molecule has 1 aliphatic carbocycles. The van der Waals surface area contributed by atoms with Gasteiger partial charge in [-0.3, -0.25) is 9.20 Å². The van der Waals surface area contributed by atoms with Crippen molar-refractivity contribution in [2.45, 2.75) is 44.8 Å². The van der Waals surface area contributed by atoms with Crippen LogP contribution < -0.4 is 20.9 Å². The van der Waals surface area contributed by atoms with E-state index in [2.05, 4.69) is 34.7 Å². The minimum atomic E-state index is -0.184. The molecule has 33 heavy (non-hydrogen) atoms. The third-order valence-corrected chi connectivity index (χ3v) is 6.49. The van der Waals surface area contributed by atoms with E-state index in [0.717, 1.165) is 48.5 Å². The lowest BCUT2D eigenvalue weighted by Crippen LogP contribution is -2.54. The molecule has 9 nitrogen and oxygen atoms in total. The first-order valence-electron chi connectivity index (χ1n) is 11.6. The first kappa shape index (κ1) is 20.2. The van der Waals surface area contributed by atoms with Crippen molar-refractivity contribution in [3.63, 3.8) is 0 Å². The number of anilines is 2. The largest absolute Gasteiger partial charge is 0.380 e. The zero-order chi connectivity index (χ0) is 22.7. The van der Waals surface area contributed by atoms with E-state index in [1.54, 1.807) is 7.05 Å². The number of aromatic nitrogens is 4. The van der Waals surface area contributed by atoms with Crippen LogP contribution in [0.2, 0.25) is 0 Å². The van der Waals surface area contributed by atoms with Gasteiger partial charge in [-0.25, -0.2) is 15.0 Å². The molecule has 1 aliphatic heterocycles. The number of carbonyl (C=O) groups excluding carboxylic acids is 1. The normalized spacial score (nSPS) is 21.1. The van der Waals surface area contributed by atoms with E-state index < -0.39 is 0 Å². The first-order valence-corrected chi connectivity index (χ1v) is 11.6. The van der Waals surface area contributed by atoms with E-state index in [1.807, 2.05) is 34.9 Å². The van der Waals surface area contributed by atoms with E-state index in [1.165, 1.54) is 0 Å². The molecule has 4 heterocycles. The summed E-state index contributed by atoms with van der Waals surface area (Å²) in [6, 6.07) is 8.99. The summed E-state index contributed by atoms with van der Waals surface area (Å²) in [5.41, 5.74) is 4.97. The Kier molecular flexibility index (Phi) is 4.62. The minimum Gasteiger partial charge on any atom is -0.380 e. The fraction of sp³-hybridized carbons (Fsp3) is 0.417. The van der Waals surface area contributed by atoms with Crippen LogP contribution in [-0.4, -0.2) is 63.5 Å². The number of piperazine rings is 1. The van der Waals surface area contributed by atoms with E-state index in [-0.39, 0.29) is 5.91 Å². The van der Waals surface area contributed by atoms with Gasteiger partial charge < -0.3 is 20.9 Å². The van der Waals surface area contributed by atoms with Crippen LogP contribution >= 0.6 is 0 Å². The van der Waals surface area contributed by atoms with Crippen molar-refractivity contribution in [2.75, 3.05) is 30.4 Å². The van der Waals surface area contributed by atoms with Crippen molar-refractivity contribution in [3.8, 4) is 0 Å². The van der Waals surface area contributed by atoms with Gasteiger partial charge in [0, 0.05) is 38.3 Å². The molecule has 1 amide bonds. The SMILES string of the molecule is CNC(=O)c1c(NC2CC2)c2ncc(N3CC(C)NC(C)C3)nc2n2c1nc1ccccc12. The van der Waals surface area contributed by atoms with Gasteiger partial charge in [0.1, 0.15) is 16.9 Å². The summed E-state index contributed by atoms with van der Waals surface area (Å²) in [5, 5.41) is 9.92. The smallest absolute Gasteiger partial charge is 0.257 e. The van der Waals surface area contributed by atoms with Crippen LogP contribution in [0.5, 0.6) is 0 Å². The number of hydrogen-bond acceptors (Lipinski definition) is 7. The average Bonchev–Trinajstić information content (AvgIpc) is 3.54. The number of nitrogens with one attached hydrogen (secondary N) is 3. The Hall–Kier alpha value is -3.46. The van der Waals surface area contributed by atoms with Gasteiger partial charge in [0.05, 0.1) is 22.9 Å². The van der Waals surface area contributed by atoms with Crippen molar-refractivity contribution in [1.82, 2.24) is 30.0 Å². The predicted octanol–water partition coefficient (Wildman–Crippen LogP) is 2.55. The summed E-state index contributed by atoms with van der Waals surface area (Å²) >= 11 is 0. The summed E-state index contributed by atoms with van der Waals surface area (Å²) in [5.74, 6) is 0.655. The van der Waals surface area contributed by atoms with Crippen molar-refractivity contribution in [3.05, 3.63) is 36.0 Å². The summed E-state index contributed by atoms with van der Waals surface area (Å²) in [6.07, 6.45) is 4.00. The molecule has 6 rings (SSSR count). The fourth-order valence-corrected chi connectivity index (χ4v) is 4.92. The Bertz CT molecular complexity index is 1380. The second kappa shape index (κ2) is 7.55. The van der Waals surface area contributed by atoms with E-state index in [4.69, 9.17) is 15.0 Å². The van der Waals surface area contributed by atoms with E-state index in [0.29, 0.717) is 40.5 Å². The maximum Gasteiger partial charge on any atom is 0.257 e. The molecule has 1 aromatic carbocycles. The second-order valence-electron chi connectivity index (χ2n) is 9.28. The summed E-state index contributed by atoms with van der Waals surface area (Å²) < 4.78 is 1.98. The molecule has 2 fully saturated rings. The van der Waals surface area contributed by atoms with Crippen molar-refractivity contribution in [1.29, 1.82) is 0 Å². The van der Waals surface area contributed by atoms with Crippen LogP contribution in [0.25, 0.3) is 27.8 Å². The highest BCUT2D eigenvalue weighted by Crippen LogP contribution is 2.36. The number of pyridine rings is 1. The number of rotatable bonds is 4. The Morgan fingerprint density at radius 3 is 2.58 bits per heavy atom. The van der Waals surface area contributed by atoms with Gasteiger partial charge in [-0.1, -0.05) is 12.1 Å². The number of benzene rings is 1. The molecule has 3 N–H and O–H groups in total. The average molecular weight is 445 g/mol. The maximum atomic E-state index is 13.1. The summed E-state index contributed by atoms with van der Waals surface area (Å²) in [7, 11) is 1.65. The zero-order valence-electron chi connectivity index (χ0n) is 19.1. The second-order valence-corrected chi connectivity index (χ2v) is 9.28. The molecular weight excluding hydrogens is 416 g/mol. The molecule has 0 spiro atoms. The van der Waals surface area contributed by atoms with Crippen LogP contribution in [0.4, 0.5) is 11.5 Å². The van der Waals surface area contributed by atoms with Crippen molar-refractivity contribution in [2.24, 2.45) is 0 Å². The number of imidazole rings is 1. The molecule has 9 heteroatoms. The van der Waals surface area contributed by atoms with Gasteiger partial charge in [0.2, 0.25) is 0 Å². The Morgan fingerprint density at radius 1 is 1.09 bits per heavy atom. The number of amides is 1. The number of para-hydroxylation sites is 2. The van der Waals surface area contributed by atoms with Gasteiger partial charge in [0.15, 0.2) is 11.3 Å². The lowest BCUT2D eigenvalue weighted by Gasteiger charge is -2.36. The van der Waals surface area contributed by atoms with E-state index in [9.17, 15) is 4.79 Å². The highest BCUT2D eigenvalue weighted by Gasteiger charge is 2.30. The van der Waals surface area contributed by atoms with Gasteiger partial charge >= 0.3 is 0 Å². The lowest BCUT2D eigenvalue weighted by atomic mass is 10.1. The highest BCUT2D eigenvalue weighted by atomic mass is 16.1. The molecule has 0 radical (unpaired) electrons. The Morgan fingerprint density at radius 2 is 1.85 bits per heavy atom. The quantitative estimate of drug-likeness (QED) is 0.445. The highest BCUT2D eigenvalue weighted by molar-refractivity contribution is 6.12. The number of carbonyl (C=O) groups is 1. The molecule has 2 unspecified atom stereocenters. The molecule has 170 valence electrons. The Balaban J connectivity index is 1.67. The fourth-order valence-electron chi connectivity index (χ4n) is 4.92. The Labute approximate surface area is 191 Å². The predicted molar refractivity (Wildman–Crippen MR) is 130 cm³/mol. The molecule has 1 saturated heterocycles. The van der Waals surface area contributed by atoms with Crippen LogP contribution in [0.15, 0.2) is 30.5 Å². The van der Waals surface area contributed by atoms with Crippen molar-refractivity contribution >= 4 is 45.3 Å². The molecule has 0 bridgehead atoms. The van der Waals surface area contributed by atoms with Crippen molar-refractivity contribution < 1.29 is 4.79 Å². The first-order chi connectivity index (χ1) is 16.0. The number of fused-ring (bicyclic) bond motifs is 5. The zero-order valence-corrected chi connectivity index (χ0v) is 19.1. The molecular formula is C24H28N8O. The van der Waals surface area contributed by atoms with Gasteiger partial charge in [0.25, 0.3) is 5.91 Å². The van der Waals surface area contributed by atoms with Gasteiger partial charge in [-0.05, 0) is 38.8 Å². The van der Waals surface area contributed by atoms with Crippen LogP contribution in [0.3, 0.4) is 0 Å². The van der Waals surface area contributed by atoms with E-state index >= 15 is 0 Å². The van der Waals surface area contributed by atoms with Gasteiger partial charge in [-0.15, -0.1) is 0 Å². The molecule has 3 aromatic heterocycles. The third-order valence-electron chi connectivity index (χ3n) is 6.49. The van der Waals surface area contributed by atoms with Crippen LogP contribution in [0, 0.1) is 0 Å². The lowest BCUT2D eigenvalue weighted by molar-refractivity contribution is 0.0965. The minimum absolute atomic E-state index is 0.184. The molecule has 2 aliphatic rings. The number of hydrogen-bond donors (Lipinski definition) is 3. The monoisotopic (exact) mass is 444 g/mol. The molecule has 2 atom stereocenters. The standard InChI is InChI=1S/C24H28N8O/c1-13-11-31(12-14(2)27-13)18-10-26-21-20(28-15-8-9-15)19(24(33)25-3)22-29-16-6-4-5-7-17(16)32(22)23(21)30-18/h4-7,10,13-15,27-28H,8-9,11-12H2,1-3H3,(H,25,33). The molecule has 1 saturated carbocycles. The molecule has 4 aromatic rings. The maximum absolute atomic E-state index is 13.1. The van der Waals surface area contributed by atoms with Crippen LogP contribution in [0.1, 0.15) is 37.0 Å². The summed E-state index contributed by atoms with van der Waals surface area (Å²) in [6.45, 7) is 6.10. The number of nitrogens with zero attached hydrogens (tertiary/aromatic N) is 5. The van der Waals surface area contributed by atoms with Crippen LogP contribution in [-0.2, 0) is 0 Å². The third kappa shape index (κ3) is 3.34. The van der Waals surface area contributed by atoms with Gasteiger partial charge in [-0.2, -0.15) is 0 Å². The summed E-state index contributed by atoms with van der Waals surface area (Å²) in [4.78, 5) is 30.2.